The molecule has 78 heavy (non-hydrogen) atoms. The van der Waals surface area contributed by atoms with Gasteiger partial charge < -0.3 is 4.57 Å². The lowest BCUT2D eigenvalue weighted by molar-refractivity contribution is 0.717. The van der Waals surface area contributed by atoms with Crippen molar-refractivity contribution in [3.8, 4) is 61.3 Å². The van der Waals surface area contributed by atoms with E-state index in [4.69, 9.17) is 0 Å². The van der Waals surface area contributed by atoms with Crippen LogP contribution in [0.3, 0.4) is 0 Å². The highest BCUT2D eigenvalue weighted by Crippen LogP contribution is 2.63. The molecule has 2 heterocycles. The molecule has 2 heteroatoms. The molecule has 0 radical (unpaired) electrons. The second-order valence-corrected chi connectivity index (χ2v) is 22.4. The van der Waals surface area contributed by atoms with E-state index in [9.17, 15) is 0 Å². The summed E-state index contributed by atoms with van der Waals surface area (Å²) in [5.74, 6) is 0.186. The molecule has 14 aromatic rings. The zero-order valence-electron chi connectivity index (χ0n) is 42.9. The third-order valence-electron chi connectivity index (χ3n) is 17.4. The number of benzene rings is 12. The van der Waals surface area contributed by atoms with E-state index < -0.39 is 0 Å². The molecule has 0 bridgehead atoms. The van der Waals surface area contributed by atoms with Crippen molar-refractivity contribution in [3.05, 3.63) is 318 Å². The topological polar surface area (TPSA) is 4.93 Å². The summed E-state index contributed by atoms with van der Waals surface area (Å²) in [5, 5.41) is 5.14. The summed E-state index contributed by atoms with van der Waals surface area (Å²) in [7, 11) is 0. The highest BCUT2D eigenvalue weighted by Gasteiger charge is 2.51. The third-order valence-corrected chi connectivity index (χ3v) is 18.6. The Morgan fingerprint density at radius 1 is 0.359 bits per heavy atom. The van der Waals surface area contributed by atoms with Crippen molar-refractivity contribution >= 4 is 53.3 Å². The van der Waals surface area contributed by atoms with Gasteiger partial charge in [0.25, 0.3) is 0 Å². The minimum atomic E-state index is -0.358. The molecule has 1 atom stereocenters. The molecular formula is C76H51NS. The van der Waals surface area contributed by atoms with Gasteiger partial charge in [0, 0.05) is 36.9 Å². The number of nitrogens with zero attached hydrogens (tertiary/aromatic N) is 1. The molecule has 2 aliphatic rings. The van der Waals surface area contributed by atoms with Crippen molar-refractivity contribution < 1.29 is 0 Å². The van der Waals surface area contributed by atoms with Gasteiger partial charge in [0.1, 0.15) is 0 Å². The lowest BCUT2D eigenvalue weighted by atomic mass is 9.70. The van der Waals surface area contributed by atoms with E-state index in [1.165, 1.54) is 142 Å². The number of aryl methyl sites for hydroxylation is 1. The molecule has 2 aliphatic carbocycles. The minimum Gasteiger partial charge on any atom is -0.309 e. The zero-order valence-corrected chi connectivity index (χ0v) is 43.7. The Bertz CT molecular complexity index is 4630. The number of rotatable bonds is 9. The van der Waals surface area contributed by atoms with Crippen molar-refractivity contribution in [1.82, 2.24) is 4.57 Å². The Morgan fingerprint density at radius 3 is 1.65 bits per heavy atom. The lowest BCUT2D eigenvalue weighted by Gasteiger charge is -2.30. The Kier molecular flexibility index (Phi) is 10.3. The first kappa shape index (κ1) is 44.9. The van der Waals surface area contributed by atoms with E-state index in [-0.39, 0.29) is 11.3 Å². The van der Waals surface area contributed by atoms with Gasteiger partial charge in [0.2, 0.25) is 0 Å². The second-order valence-electron chi connectivity index (χ2n) is 21.3. The summed E-state index contributed by atoms with van der Waals surface area (Å²) in [6.45, 7) is 0. The van der Waals surface area contributed by atoms with Crippen LogP contribution in [-0.2, 0) is 11.8 Å². The van der Waals surface area contributed by atoms with E-state index in [1.807, 2.05) is 11.3 Å². The first-order chi connectivity index (χ1) is 38.7. The number of hydrogen-bond donors (Lipinski definition) is 0. The predicted octanol–water partition coefficient (Wildman–Crippen LogP) is 20.3. The maximum atomic E-state index is 2.56. The Morgan fingerprint density at radius 2 is 0.910 bits per heavy atom. The van der Waals surface area contributed by atoms with Crippen molar-refractivity contribution in [3.63, 3.8) is 0 Å². The van der Waals surface area contributed by atoms with Crippen LogP contribution in [0.25, 0.3) is 103 Å². The van der Waals surface area contributed by atoms with E-state index >= 15 is 0 Å². The lowest BCUT2D eigenvalue weighted by Crippen LogP contribution is -2.25. The van der Waals surface area contributed by atoms with E-state index in [0.29, 0.717) is 0 Å². The molecule has 16 rings (SSSR count). The van der Waals surface area contributed by atoms with Crippen molar-refractivity contribution in [2.45, 2.75) is 24.2 Å². The molecule has 366 valence electrons. The van der Waals surface area contributed by atoms with Crippen LogP contribution in [0, 0.1) is 0 Å². The van der Waals surface area contributed by atoms with Gasteiger partial charge >= 0.3 is 0 Å². The summed E-state index contributed by atoms with van der Waals surface area (Å²) < 4.78 is 5.17. The number of fused-ring (bicyclic) bond motifs is 16. The maximum Gasteiger partial charge on any atom is 0.0725 e. The van der Waals surface area contributed by atoms with E-state index in [1.54, 1.807) is 0 Å². The van der Waals surface area contributed by atoms with E-state index in [2.05, 4.69) is 284 Å². The SMILES string of the molecule is c1ccc(-c2ccc(C(CCc3ccc4c5ccccc5n(-c5cccc6sc7c(-c8ccc9c(c8)-c8ccccc8C98c9ccccc9-c9ccccc98)cccc7c56)c4c3)c3ccccc3-c3ccccc3)cc2)cc1. The zero-order chi connectivity index (χ0) is 51.3. The Hall–Kier alpha value is -9.34. The highest BCUT2D eigenvalue weighted by molar-refractivity contribution is 7.26. The standard InChI is InChI=1S/C76H51NS/c1-3-19-50(20-4-1)51-39-41-53(42-40-51)56(58-24-8-7-23-55(58)52-21-5-2-6-22-52)44-37-49-38-45-63-62-28-12-16-34-70(62)77(72(63)47-49)71-35-18-36-73-74(71)64-30-17-29-57(75(64)78-73)54-43-46-69-65(48-54)61-27-11-15-33-68(61)76(69)66-31-13-9-25-59(66)60-26-10-14-32-67(60)76/h1-36,38-43,45-48,56H,37,44H2. The second kappa shape index (κ2) is 17.9. The molecule has 1 unspecified atom stereocenters. The van der Waals surface area contributed by atoms with Crippen LogP contribution < -0.4 is 0 Å². The predicted molar refractivity (Wildman–Crippen MR) is 329 cm³/mol. The quantitative estimate of drug-likeness (QED) is 0.136. The molecule has 0 N–H and O–H groups in total. The van der Waals surface area contributed by atoms with Gasteiger partial charge in [-0.15, -0.1) is 11.3 Å². The first-order valence-electron chi connectivity index (χ1n) is 27.4. The minimum absolute atomic E-state index is 0.186. The van der Waals surface area contributed by atoms with Crippen LogP contribution in [0.15, 0.2) is 279 Å². The normalized spacial score (nSPS) is 13.3. The van der Waals surface area contributed by atoms with Crippen molar-refractivity contribution in [2.24, 2.45) is 0 Å². The molecule has 1 nitrogen and oxygen atoms in total. The summed E-state index contributed by atoms with van der Waals surface area (Å²) in [4.78, 5) is 0. The van der Waals surface area contributed by atoms with Crippen LogP contribution in [0.2, 0.25) is 0 Å². The fraction of sp³-hybridized carbons (Fsp3) is 0.0526. The Balaban J connectivity index is 0.810. The molecule has 2 aromatic heterocycles. The number of thiophene rings is 1. The van der Waals surface area contributed by atoms with Gasteiger partial charge in [-0.25, -0.2) is 0 Å². The van der Waals surface area contributed by atoms with Gasteiger partial charge in [-0.3, -0.25) is 0 Å². The van der Waals surface area contributed by atoms with Crippen LogP contribution >= 0.6 is 11.3 Å². The highest BCUT2D eigenvalue weighted by atomic mass is 32.1. The maximum absolute atomic E-state index is 2.56. The molecular weight excluding hydrogens is 959 g/mol. The monoisotopic (exact) mass is 1010 g/mol. The summed E-state index contributed by atoms with van der Waals surface area (Å²) in [6.07, 6.45) is 1.88. The van der Waals surface area contributed by atoms with Gasteiger partial charge in [-0.1, -0.05) is 249 Å². The molecule has 0 saturated carbocycles. The van der Waals surface area contributed by atoms with Crippen LogP contribution in [0.5, 0.6) is 0 Å². The molecule has 0 saturated heterocycles. The summed E-state index contributed by atoms with van der Waals surface area (Å²) in [6, 6.07) is 105. The van der Waals surface area contributed by atoms with Gasteiger partial charge in [-0.05, 0) is 138 Å². The van der Waals surface area contributed by atoms with Crippen LogP contribution in [0.4, 0.5) is 0 Å². The summed E-state index contributed by atoms with van der Waals surface area (Å²) >= 11 is 1.92. The third kappa shape index (κ3) is 6.73. The number of para-hydroxylation sites is 1. The number of hydrogen-bond acceptors (Lipinski definition) is 1. The fourth-order valence-electron chi connectivity index (χ4n) is 14.0. The fourth-order valence-corrected chi connectivity index (χ4v) is 15.2. The van der Waals surface area contributed by atoms with E-state index in [0.717, 1.165) is 12.8 Å². The molecule has 0 fully saturated rings. The van der Waals surface area contributed by atoms with Crippen LogP contribution in [0.1, 0.15) is 51.3 Å². The summed E-state index contributed by atoms with van der Waals surface area (Å²) in [5.41, 5.74) is 25.7. The molecule has 12 aromatic carbocycles. The average molecular weight is 1010 g/mol. The molecule has 1 spiro atoms. The van der Waals surface area contributed by atoms with Crippen LogP contribution in [-0.4, -0.2) is 4.57 Å². The Labute approximate surface area is 458 Å². The average Bonchev–Trinajstić information content (AvgIpc) is 3.97. The first-order valence-corrected chi connectivity index (χ1v) is 28.2. The van der Waals surface area contributed by atoms with Crippen molar-refractivity contribution in [2.75, 3.05) is 0 Å². The molecule has 0 amide bonds. The smallest absolute Gasteiger partial charge is 0.0725 e. The molecule has 0 aliphatic heterocycles. The van der Waals surface area contributed by atoms with Gasteiger partial charge in [0.05, 0.1) is 22.1 Å². The van der Waals surface area contributed by atoms with Gasteiger partial charge in [0.15, 0.2) is 0 Å². The van der Waals surface area contributed by atoms with Gasteiger partial charge in [-0.2, -0.15) is 0 Å². The largest absolute Gasteiger partial charge is 0.309 e. The number of aromatic nitrogens is 1. The van der Waals surface area contributed by atoms with Crippen molar-refractivity contribution in [1.29, 1.82) is 0 Å².